The van der Waals surface area contributed by atoms with Gasteiger partial charge in [-0.15, -0.1) is 0 Å². The van der Waals surface area contributed by atoms with E-state index in [4.69, 9.17) is 0 Å². The first-order valence-electron chi connectivity index (χ1n) is 7.54. The van der Waals surface area contributed by atoms with Gasteiger partial charge in [0.2, 0.25) is 0 Å². The van der Waals surface area contributed by atoms with E-state index in [1.165, 1.54) is 11.1 Å². The van der Waals surface area contributed by atoms with Crippen molar-refractivity contribution in [2.45, 2.75) is 40.8 Å². The van der Waals surface area contributed by atoms with Gasteiger partial charge in [0, 0.05) is 13.1 Å². The number of aryl methyl sites for hydroxylation is 4. The monoisotopic (exact) mass is 299 g/mol. The fourth-order valence-corrected chi connectivity index (χ4v) is 2.70. The molecule has 3 nitrogen and oxygen atoms in total. The third-order valence-electron chi connectivity index (χ3n) is 4.19. The summed E-state index contributed by atoms with van der Waals surface area (Å²) >= 11 is 0. The molecule has 0 spiro atoms. The van der Waals surface area contributed by atoms with Crippen molar-refractivity contribution in [1.82, 2.24) is 4.90 Å². The molecule has 22 heavy (non-hydrogen) atoms. The van der Waals surface area contributed by atoms with Crippen LogP contribution in [0.25, 0.3) is 0 Å². The molecule has 0 bridgehead atoms. The Morgan fingerprint density at radius 1 is 0.682 bits per heavy atom. The molecular weight excluding hydrogens is 274 g/mol. The number of hydrogen-bond donors (Lipinski definition) is 2. The third kappa shape index (κ3) is 3.60. The van der Waals surface area contributed by atoms with Crippen LogP contribution in [0, 0.1) is 27.7 Å². The van der Waals surface area contributed by atoms with Crippen molar-refractivity contribution in [2.24, 2.45) is 0 Å². The minimum absolute atomic E-state index is 0.355. The molecule has 0 radical (unpaired) electrons. The third-order valence-corrected chi connectivity index (χ3v) is 4.19. The predicted octanol–water partition coefficient (Wildman–Crippen LogP) is 3.96. The number of aromatic hydroxyl groups is 2. The highest BCUT2D eigenvalue weighted by Crippen LogP contribution is 2.24. The molecule has 0 unspecified atom stereocenters. The maximum Gasteiger partial charge on any atom is 0.118 e. The first kappa shape index (κ1) is 16.4. The Labute approximate surface area is 132 Å². The lowest BCUT2D eigenvalue weighted by molar-refractivity contribution is 0.317. The Hall–Kier alpha value is -2.00. The molecule has 0 heterocycles. The van der Waals surface area contributed by atoms with Gasteiger partial charge >= 0.3 is 0 Å². The summed E-state index contributed by atoms with van der Waals surface area (Å²) in [5, 5.41) is 19.5. The topological polar surface area (TPSA) is 43.7 Å². The van der Waals surface area contributed by atoms with Crippen LogP contribution in [-0.4, -0.2) is 22.2 Å². The normalized spacial score (nSPS) is 11.2. The van der Waals surface area contributed by atoms with Crippen LogP contribution in [0.4, 0.5) is 0 Å². The number of phenols is 2. The van der Waals surface area contributed by atoms with Crippen molar-refractivity contribution in [3.05, 3.63) is 57.6 Å². The van der Waals surface area contributed by atoms with Crippen LogP contribution < -0.4 is 0 Å². The molecule has 0 aliphatic rings. The maximum atomic E-state index is 9.75. The lowest BCUT2D eigenvalue weighted by atomic mass is 10.0. The number of rotatable bonds is 4. The molecule has 2 rings (SSSR count). The molecule has 2 aromatic carbocycles. The van der Waals surface area contributed by atoms with Crippen LogP contribution in [0.2, 0.25) is 0 Å². The highest BCUT2D eigenvalue weighted by atomic mass is 16.3. The summed E-state index contributed by atoms with van der Waals surface area (Å²) in [5.41, 5.74) is 6.48. The highest BCUT2D eigenvalue weighted by Gasteiger charge is 2.10. The second kappa shape index (κ2) is 6.41. The summed E-state index contributed by atoms with van der Waals surface area (Å²) < 4.78 is 0. The quantitative estimate of drug-likeness (QED) is 0.898. The Bertz CT molecular complexity index is 633. The molecule has 3 heteroatoms. The van der Waals surface area contributed by atoms with Gasteiger partial charge in [-0.1, -0.05) is 12.1 Å². The molecular formula is C19H25NO2. The van der Waals surface area contributed by atoms with Gasteiger partial charge in [-0.25, -0.2) is 0 Å². The Kier molecular flexibility index (Phi) is 4.77. The van der Waals surface area contributed by atoms with Gasteiger partial charge in [0.1, 0.15) is 11.5 Å². The van der Waals surface area contributed by atoms with E-state index in [9.17, 15) is 10.2 Å². The van der Waals surface area contributed by atoms with Crippen molar-refractivity contribution >= 4 is 0 Å². The largest absolute Gasteiger partial charge is 0.508 e. The SMILES string of the molecule is Cc1cc(CN(C)Cc2cc(C)c(O)cc2C)c(C)cc1O. The molecule has 2 N–H and O–H groups in total. The number of nitrogens with zero attached hydrogens (tertiary/aromatic N) is 1. The van der Waals surface area contributed by atoms with Crippen LogP contribution in [0.1, 0.15) is 33.4 Å². The van der Waals surface area contributed by atoms with Crippen molar-refractivity contribution in [1.29, 1.82) is 0 Å². The lowest BCUT2D eigenvalue weighted by Crippen LogP contribution is -2.18. The van der Waals surface area contributed by atoms with Crippen LogP contribution in [0.5, 0.6) is 11.5 Å². The van der Waals surface area contributed by atoms with E-state index in [0.717, 1.165) is 35.3 Å². The van der Waals surface area contributed by atoms with Crippen molar-refractivity contribution < 1.29 is 10.2 Å². The standard InChI is InChI=1S/C19H25NO2/c1-12-8-18(21)14(3)6-16(12)10-20(5)11-17-7-15(4)19(22)9-13(17)2/h6-9,21-22H,10-11H2,1-5H3. The second-order valence-electron chi connectivity index (χ2n) is 6.30. The summed E-state index contributed by atoms with van der Waals surface area (Å²) in [5.74, 6) is 0.711. The van der Waals surface area contributed by atoms with Gasteiger partial charge in [-0.3, -0.25) is 4.90 Å². The summed E-state index contributed by atoms with van der Waals surface area (Å²) in [6.45, 7) is 9.55. The minimum Gasteiger partial charge on any atom is -0.508 e. The smallest absolute Gasteiger partial charge is 0.118 e. The van der Waals surface area contributed by atoms with E-state index in [2.05, 4.69) is 24.1 Å². The Morgan fingerprint density at radius 2 is 1.05 bits per heavy atom. The van der Waals surface area contributed by atoms with Crippen LogP contribution in [0.15, 0.2) is 24.3 Å². The molecule has 0 atom stereocenters. The average Bonchev–Trinajstić information content (AvgIpc) is 2.42. The van der Waals surface area contributed by atoms with Gasteiger partial charge in [-0.05, 0) is 80.3 Å². The zero-order valence-corrected chi connectivity index (χ0v) is 14.1. The van der Waals surface area contributed by atoms with Crippen molar-refractivity contribution in [3.63, 3.8) is 0 Å². The van der Waals surface area contributed by atoms with E-state index in [1.807, 2.05) is 39.8 Å². The van der Waals surface area contributed by atoms with Crippen LogP contribution >= 0.6 is 0 Å². The van der Waals surface area contributed by atoms with E-state index < -0.39 is 0 Å². The molecule has 0 aromatic heterocycles. The van der Waals surface area contributed by atoms with Gasteiger partial charge in [0.25, 0.3) is 0 Å². The van der Waals surface area contributed by atoms with Gasteiger partial charge in [0.05, 0.1) is 0 Å². The molecule has 0 fully saturated rings. The maximum absolute atomic E-state index is 9.75. The van der Waals surface area contributed by atoms with Gasteiger partial charge < -0.3 is 10.2 Å². The lowest BCUT2D eigenvalue weighted by Gasteiger charge is -2.20. The van der Waals surface area contributed by atoms with E-state index >= 15 is 0 Å². The van der Waals surface area contributed by atoms with E-state index in [-0.39, 0.29) is 0 Å². The zero-order valence-electron chi connectivity index (χ0n) is 14.1. The van der Waals surface area contributed by atoms with Crippen LogP contribution in [-0.2, 0) is 13.1 Å². The Morgan fingerprint density at radius 3 is 1.41 bits per heavy atom. The molecule has 2 aromatic rings. The number of phenolic OH excluding ortho intramolecular Hbond substituents is 2. The first-order valence-corrected chi connectivity index (χ1v) is 7.54. The summed E-state index contributed by atoms with van der Waals surface area (Å²) in [7, 11) is 2.09. The fourth-order valence-electron chi connectivity index (χ4n) is 2.70. The second-order valence-corrected chi connectivity index (χ2v) is 6.30. The summed E-state index contributed by atoms with van der Waals surface area (Å²) in [6, 6.07) is 7.76. The molecule has 118 valence electrons. The number of benzene rings is 2. The number of hydrogen-bond acceptors (Lipinski definition) is 3. The van der Waals surface area contributed by atoms with Crippen molar-refractivity contribution in [2.75, 3.05) is 7.05 Å². The minimum atomic E-state index is 0.355. The fraction of sp³-hybridized carbons (Fsp3) is 0.368. The van der Waals surface area contributed by atoms with Crippen LogP contribution in [0.3, 0.4) is 0 Å². The highest BCUT2D eigenvalue weighted by molar-refractivity contribution is 5.42. The zero-order chi connectivity index (χ0) is 16.4. The summed E-state index contributed by atoms with van der Waals surface area (Å²) in [4.78, 5) is 2.25. The predicted molar refractivity (Wildman–Crippen MR) is 90.3 cm³/mol. The average molecular weight is 299 g/mol. The Balaban J connectivity index is 2.15. The summed E-state index contributed by atoms with van der Waals surface area (Å²) in [6.07, 6.45) is 0. The molecule has 0 saturated heterocycles. The van der Waals surface area contributed by atoms with Crippen molar-refractivity contribution in [3.8, 4) is 11.5 Å². The molecule has 0 aliphatic heterocycles. The van der Waals surface area contributed by atoms with E-state index in [0.29, 0.717) is 11.5 Å². The molecule has 0 amide bonds. The molecule has 0 aliphatic carbocycles. The van der Waals surface area contributed by atoms with Gasteiger partial charge in [0.15, 0.2) is 0 Å². The molecule has 0 saturated carbocycles. The first-order chi connectivity index (χ1) is 10.3. The van der Waals surface area contributed by atoms with Gasteiger partial charge in [-0.2, -0.15) is 0 Å². The van der Waals surface area contributed by atoms with E-state index in [1.54, 1.807) is 0 Å².